The van der Waals surface area contributed by atoms with Gasteiger partial charge in [-0.25, -0.2) is 4.79 Å². The van der Waals surface area contributed by atoms with Crippen LogP contribution in [-0.4, -0.2) is 56.7 Å². The molecule has 6 nitrogen and oxygen atoms in total. The van der Waals surface area contributed by atoms with Gasteiger partial charge in [-0.05, 0) is 80.8 Å². The number of anilines is 1. The number of benzene rings is 1. The standard InChI is InChI=1S/C22H31N3O3.ClH/c1-28-21(26)19-3-2-18-15-20(5-4-17(18)14-19)25-13-12-24(22(25)27)11-8-16-6-9-23-10-7-16;/h4-5,15-16,19,23H,2-3,6-14H2,1H3;1H. The lowest BCUT2D eigenvalue weighted by molar-refractivity contribution is -0.145. The van der Waals surface area contributed by atoms with Gasteiger partial charge >= 0.3 is 12.0 Å². The Bertz CT molecular complexity index is 736. The molecule has 2 aliphatic heterocycles. The van der Waals surface area contributed by atoms with E-state index >= 15 is 0 Å². The van der Waals surface area contributed by atoms with Crippen molar-refractivity contribution in [3.8, 4) is 0 Å². The number of amides is 2. The van der Waals surface area contributed by atoms with Gasteiger partial charge in [0.2, 0.25) is 0 Å². The van der Waals surface area contributed by atoms with Gasteiger partial charge in [-0.3, -0.25) is 9.69 Å². The molecule has 2 heterocycles. The van der Waals surface area contributed by atoms with Gasteiger partial charge in [0.15, 0.2) is 0 Å². The number of carbonyl (C=O) groups is 2. The molecule has 2 fully saturated rings. The van der Waals surface area contributed by atoms with Gasteiger partial charge in [-0.2, -0.15) is 0 Å². The largest absolute Gasteiger partial charge is 0.469 e. The Kier molecular flexibility index (Phi) is 7.41. The van der Waals surface area contributed by atoms with Gasteiger partial charge in [0.05, 0.1) is 13.0 Å². The van der Waals surface area contributed by atoms with Crippen molar-refractivity contribution in [2.45, 2.75) is 38.5 Å². The topological polar surface area (TPSA) is 61.9 Å². The summed E-state index contributed by atoms with van der Waals surface area (Å²) in [6.45, 7) is 4.65. The van der Waals surface area contributed by atoms with Crippen LogP contribution in [0.4, 0.5) is 10.5 Å². The summed E-state index contributed by atoms with van der Waals surface area (Å²) in [4.78, 5) is 28.6. The van der Waals surface area contributed by atoms with E-state index < -0.39 is 0 Å². The van der Waals surface area contributed by atoms with Crippen LogP contribution in [0.3, 0.4) is 0 Å². The molecule has 1 aromatic rings. The molecule has 0 bridgehead atoms. The molecule has 1 aromatic carbocycles. The van der Waals surface area contributed by atoms with E-state index in [1.54, 1.807) is 0 Å². The van der Waals surface area contributed by atoms with E-state index in [2.05, 4.69) is 17.4 Å². The highest BCUT2D eigenvalue weighted by atomic mass is 35.5. The Balaban J connectivity index is 0.00000240. The zero-order valence-electron chi connectivity index (χ0n) is 17.2. The Morgan fingerprint density at radius 3 is 2.72 bits per heavy atom. The summed E-state index contributed by atoms with van der Waals surface area (Å²) >= 11 is 0. The second kappa shape index (κ2) is 9.81. The van der Waals surface area contributed by atoms with Crippen molar-refractivity contribution >= 4 is 30.1 Å². The number of nitrogens with zero attached hydrogens (tertiary/aromatic N) is 2. The molecule has 1 aliphatic carbocycles. The number of halogens is 1. The minimum atomic E-state index is -0.117. The summed E-state index contributed by atoms with van der Waals surface area (Å²) in [5, 5.41) is 3.40. The van der Waals surface area contributed by atoms with Gasteiger partial charge in [0, 0.05) is 25.3 Å². The van der Waals surface area contributed by atoms with E-state index in [9.17, 15) is 9.59 Å². The summed E-state index contributed by atoms with van der Waals surface area (Å²) in [5.41, 5.74) is 3.46. The van der Waals surface area contributed by atoms with Crippen molar-refractivity contribution in [2.75, 3.05) is 44.7 Å². The highest BCUT2D eigenvalue weighted by Crippen LogP contribution is 2.31. The fourth-order valence-electron chi connectivity index (χ4n) is 4.82. The van der Waals surface area contributed by atoms with Gasteiger partial charge < -0.3 is 15.0 Å². The average molecular weight is 422 g/mol. The lowest BCUT2D eigenvalue weighted by atomic mass is 9.83. The smallest absolute Gasteiger partial charge is 0.324 e. The first-order chi connectivity index (χ1) is 13.7. The minimum absolute atomic E-state index is 0. The Morgan fingerprint density at radius 2 is 1.97 bits per heavy atom. The van der Waals surface area contributed by atoms with Gasteiger partial charge in [0.1, 0.15) is 0 Å². The first kappa shape index (κ1) is 21.9. The number of ether oxygens (including phenoxy) is 1. The second-order valence-corrected chi connectivity index (χ2v) is 8.32. The molecule has 1 atom stereocenters. The number of rotatable bonds is 5. The molecule has 0 radical (unpaired) electrons. The third-order valence-electron chi connectivity index (χ3n) is 6.63. The summed E-state index contributed by atoms with van der Waals surface area (Å²) in [7, 11) is 1.46. The van der Waals surface area contributed by atoms with Crippen LogP contribution in [-0.2, 0) is 22.4 Å². The van der Waals surface area contributed by atoms with E-state index in [0.717, 1.165) is 70.0 Å². The maximum absolute atomic E-state index is 12.9. The van der Waals surface area contributed by atoms with Crippen molar-refractivity contribution in [3.63, 3.8) is 0 Å². The number of nitrogens with one attached hydrogen (secondary N) is 1. The average Bonchev–Trinajstić information content (AvgIpc) is 3.12. The van der Waals surface area contributed by atoms with E-state index in [4.69, 9.17) is 4.74 Å². The molecule has 3 aliphatic rings. The Labute approximate surface area is 179 Å². The molecule has 0 aromatic heterocycles. The highest BCUT2D eigenvalue weighted by molar-refractivity contribution is 5.94. The molecule has 29 heavy (non-hydrogen) atoms. The highest BCUT2D eigenvalue weighted by Gasteiger charge is 2.31. The molecule has 0 saturated carbocycles. The molecule has 1 N–H and O–H groups in total. The zero-order valence-corrected chi connectivity index (χ0v) is 18.0. The Hall–Kier alpha value is -1.79. The fraction of sp³-hybridized carbons (Fsp3) is 0.636. The first-order valence-corrected chi connectivity index (χ1v) is 10.6. The van der Waals surface area contributed by atoms with Crippen molar-refractivity contribution in [2.24, 2.45) is 11.8 Å². The quantitative estimate of drug-likeness (QED) is 0.742. The molecular formula is C22H32ClN3O3. The third-order valence-corrected chi connectivity index (χ3v) is 6.63. The first-order valence-electron chi connectivity index (χ1n) is 10.6. The van der Waals surface area contributed by atoms with Crippen LogP contribution in [0.25, 0.3) is 0 Å². The van der Waals surface area contributed by atoms with Crippen LogP contribution in [0.15, 0.2) is 18.2 Å². The lowest BCUT2D eigenvalue weighted by Crippen LogP contribution is -2.35. The monoisotopic (exact) mass is 421 g/mol. The molecule has 1 unspecified atom stereocenters. The molecular weight excluding hydrogens is 390 g/mol. The summed E-state index contributed by atoms with van der Waals surface area (Å²) < 4.78 is 4.90. The molecule has 0 spiro atoms. The van der Waals surface area contributed by atoms with E-state index in [1.807, 2.05) is 15.9 Å². The summed E-state index contributed by atoms with van der Waals surface area (Å²) in [5.74, 6) is 0.589. The zero-order chi connectivity index (χ0) is 19.5. The molecule has 7 heteroatoms. The van der Waals surface area contributed by atoms with Crippen molar-refractivity contribution < 1.29 is 14.3 Å². The number of piperidine rings is 1. The van der Waals surface area contributed by atoms with Crippen LogP contribution in [0, 0.1) is 11.8 Å². The molecule has 2 amide bonds. The molecule has 2 saturated heterocycles. The Morgan fingerprint density at radius 1 is 1.17 bits per heavy atom. The second-order valence-electron chi connectivity index (χ2n) is 8.32. The van der Waals surface area contributed by atoms with E-state index in [0.29, 0.717) is 0 Å². The number of methoxy groups -OCH3 is 1. The normalized spacial score (nSPS) is 22.2. The van der Waals surface area contributed by atoms with E-state index in [1.165, 1.54) is 31.1 Å². The number of fused-ring (bicyclic) bond motifs is 1. The van der Waals surface area contributed by atoms with Crippen molar-refractivity contribution in [1.82, 2.24) is 10.2 Å². The maximum atomic E-state index is 12.9. The predicted octanol–water partition coefficient (Wildman–Crippen LogP) is 3.02. The number of esters is 1. The number of hydrogen-bond donors (Lipinski definition) is 1. The summed E-state index contributed by atoms with van der Waals surface area (Å²) in [6.07, 6.45) is 5.98. The van der Waals surface area contributed by atoms with Crippen LogP contribution < -0.4 is 10.2 Å². The maximum Gasteiger partial charge on any atom is 0.324 e. The van der Waals surface area contributed by atoms with Crippen LogP contribution in [0.2, 0.25) is 0 Å². The fourth-order valence-corrected chi connectivity index (χ4v) is 4.82. The molecule has 4 rings (SSSR count). The van der Waals surface area contributed by atoms with Gasteiger partial charge in [0.25, 0.3) is 0 Å². The van der Waals surface area contributed by atoms with Gasteiger partial charge in [-0.15, -0.1) is 12.4 Å². The van der Waals surface area contributed by atoms with Crippen LogP contribution in [0.5, 0.6) is 0 Å². The van der Waals surface area contributed by atoms with Crippen LogP contribution in [0.1, 0.15) is 36.8 Å². The third kappa shape index (κ3) is 4.86. The van der Waals surface area contributed by atoms with Crippen molar-refractivity contribution in [1.29, 1.82) is 0 Å². The predicted molar refractivity (Wildman–Crippen MR) is 116 cm³/mol. The molecule has 160 valence electrons. The number of aryl methyl sites for hydroxylation is 1. The van der Waals surface area contributed by atoms with Gasteiger partial charge in [-0.1, -0.05) is 6.07 Å². The van der Waals surface area contributed by atoms with E-state index in [-0.39, 0.29) is 30.3 Å². The number of carbonyl (C=O) groups excluding carboxylic acids is 2. The minimum Gasteiger partial charge on any atom is -0.469 e. The lowest BCUT2D eigenvalue weighted by Gasteiger charge is -2.26. The SMILES string of the molecule is COC(=O)C1CCc2cc(N3CCN(CCC4CCNCC4)C3=O)ccc2C1.Cl. The van der Waals surface area contributed by atoms with Crippen LogP contribution >= 0.6 is 12.4 Å². The number of urea groups is 1. The van der Waals surface area contributed by atoms with Crippen molar-refractivity contribution in [3.05, 3.63) is 29.3 Å². The number of hydrogen-bond acceptors (Lipinski definition) is 4. The summed E-state index contributed by atoms with van der Waals surface area (Å²) in [6, 6.07) is 6.41.